The maximum atomic E-state index is 12.9. The third-order valence-corrected chi connectivity index (χ3v) is 13.5. The Bertz CT molecular complexity index is 1590. The van der Waals surface area contributed by atoms with Crippen molar-refractivity contribution >= 4 is 29.5 Å². The topological polar surface area (TPSA) is 143 Å². The maximum absolute atomic E-state index is 12.9. The van der Waals surface area contributed by atoms with E-state index in [4.69, 9.17) is 9.47 Å². The second-order valence-electron chi connectivity index (χ2n) is 19.8. The lowest BCUT2D eigenvalue weighted by molar-refractivity contribution is -0.125. The Morgan fingerprint density at radius 2 is 0.986 bits per heavy atom. The number of nitrogens with zero attached hydrogens (tertiary/aromatic N) is 1. The Kier molecular flexibility index (Phi) is 34.8. The number of carbonyl (C=O) groups is 5. The quantitative estimate of drug-likeness (QED) is 0.0558. The summed E-state index contributed by atoms with van der Waals surface area (Å²) in [6.45, 7) is 17.3. The minimum absolute atomic E-state index is 0.0631. The summed E-state index contributed by atoms with van der Waals surface area (Å²) in [6.07, 6.45) is 21.5. The van der Waals surface area contributed by atoms with Crippen LogP contribution >= 0.6 is 0 Å². The van der Waals surface area contributed by atoms with E-state index in [-0.39, 0.29) is 42.1 Å². The van der Waals surface area contributed by atoms with Gasteiger partial charge in [-0.3, -0.25) is 24.1 Å². The number of alkyl carbamates (subject to hydrolysis) is 1. The molecule has 0 saturated carbocycles. The summed E-state index contributed by atoms with van der Waals surface area (Å²) in [7, 11) is 0. The van der Waals surface area contributed by atoms with Gasteiger partial charge in [0, 0.05) is 62.7 Å². The molecule has 2 rings (SSSR count). The number of carbonyl (C=O) groups excluding carboxylic acids is 5. The van der Waals surface area contributed by atoms with Crippen LogP contribution in [-0.2, 0) is 36.9 Å². The van der Waals surface area contributed by atoms with E-state index >= 15 is 0 Å². The molecule has 2 aromatic carbocycles. The smallest absolute Gasteiger partial charge is 0.407 e. The number of Topliss-reactive ketones (excluding diaryl/α,β-unsaturated/α-hetero) is 2. The molecule has 0 fully saturated rings. The fourth-order valence-corrected chi connectivity index (χ4v) is 8.51. The molecule has 11 heteroatoms. The minimum Gasteiger partial charge on any atom is -0.492 e. The van der Waals surface area contributed by atoms with Crippen molar-refractivity contribution in [2.24, 2.45) is 23.7 Å². The summed E-state index contributed by atoms with van der Waals surface area (Å²) >= 11 is 0. The zero-order valence-corrected chi connectivity index (χ0v) is 44.2. The van der Waals surface area contributed by atoms with Gasteiger partial charge in [-0.2, -0.15) is 0 Å². The van der Waals surface area contributed by atoms with Crippen LogP contribution in [0, 0.1) is 23.7 Å². The number of unbranched alkanes of at least 4 members (excludes halogenated alkanes) is 9. The lowest BCUT2D eigenvalue weighted by Crippen LogP contribution is -2.36. The van der Waals surface area contributed by atoms with Crippen LogP contribution in [0.5, 0.6) is 5.75 Å². The van der Waals surface area contributed by atoms with Crippen molar-refractivity contribution in [3.63, 3.8) is 0 Å². The molecule has 0 spiro atoms. The number of hydrogen-bond acceptors (Lipinski definition) is 8. The Balaban J connectivity index is 1.74. The highest BCUT2D eigenvalue weighted by Crippen LogP contribution is 2.19. The molecular formula is C58H96N4O7. The Labute approximate surface area is 419 Å². The second kappa shape index (κ2) is 39.5. The van der Waals surface area contributed by atoms with Gasteiger partial charge in [-0.1, -0.05) is 148 Å². The SMILES string of the molecule is CCCCC[C@H](C)C(=O)CCCCC[C@H](C)C(=O)NCCCN(CCCNC(=O)[C@@H](C)CCCCCC(=O)[C@@H](C)CCCCC)CCOc1ccc(CCCCNC(=O)OCc2ccccc2)cc1. The normalized spacial score (nSPS) is 13.0. The molecule has 0 bridgehead atoms. The van der Waals surface area contributed by atoms with Gasteiger partial charge in [-0.15, -0.1) is 0 Å². The average Bonchev–Trinajstić information content (AvgIpc) is 3.35. The summed E-state index contributed by atoms with van der Waals surface area (Å²) in [5.41, 5.74) is 2.18. The fourth-order valence-electron chi connectivity index (χ4n) is 8.51. The summed E-state index contributed by atoms with van der Waals surface area (Å²) < 4.78 is 11.5. The van der Waals surface area contributed by atoms with Crippen LogP contribution in [0.4, 0.5) is 4.79 Å². The van der Waals surface area contributed by atoms with Crippen LogP contribution in [0.3, 0.4) is 0 Å². The van der Waals surface area contributed by atoms with E-state index in [0.717, 1.165) is 140 Å². The molecule has 3 N–H and O–H groups in total. The fraction of sp³-hybridized carbons (Fsp3) is 0.707. The highest BCUT2D eigenvalue weighted by Gasteiger charge is 2.17. The monoisotopic (exact) mass is 961 g/mol. The van der Waals surface area contributed by atoms with Gasteiger partial charge in [-0.05, 0) is 107 Å². The number of nitrogens with one attached hydrogen (secondary N) is 3. The molecule has 0 radical (unpaired) electrons. The molecule has 0 unspecified atom stereocenters. The van der Waals surface area contributed by atoms with Crippen molar-refractivity contribution in [3.8, 4) is 5.75 Å². The van der Waals surface area contributed by atoms with E-state index in [1.165, 1.54) is 31.2 Å². The summed E-state index contributed by atoms with van der Waals surface area (Å²) in [5, 5.41) is 9.13. The first-order valence-electron chi connectivity index (χ1n) is 27.4. The van der Waals surface area contributed by atoms with Crippen molar-refractivity contribution < 1.29 is 33.4 Å². The summed E-state index contributed by atoms with van der Waals surface area (Å²) in [5.74, 6) is 1.94. The standard InChI is InChI=1S/C58H96N4O7/c1-7-9-14-26-47(3)54(63)33-20-11-16-28-49(5)56(65)59-40-24-42-62(43-25-41-60-57(66)50(6)29-17-12-21-34-55(64)48(4)27-15-10-8-2)44-45-68-53-37-35-51(36-38-53)30-22-23-39-61-58(67)69-46-52-31-18-13-19-32-52/h13,18-19,31-32,35-38,47-50H,7-12,14-17,20-30,33-34,39-46H2,1-6H3,(H,59,65)(H,60,66)(H,61,67)/t47-,48-,49-,50-/m0/s1. The van der Waals surface area contributed by atoms with E-state index in [1.54, 1.807) is 0 Å². The van der Waals surface area contributed by atoms with Gasteiger partial charge in [-0.25, -0.2) is 4.79 Å². The zero-order chi connectivity index (χ0) is 50.3. The zero-order valence-electron chi connectivity index (χ0n) is 44.2. The highest BCUT2D eigenvalue weighted by molar-refractivity contribution is 5.81. The molecule has 390 valence electrons. The van der Waals surface area contributed by atoms with Gasteiger partial charge in [0.1, 0.15) is 30.5 Å². The molecular weight excluding hydrogens is 865 g/mol. The molecule has 0 saturated heterocycles. The number of ketones is 2. The predicted molar refractivity (Wildman–Crippen MR) is 282 cm³/mol. The van der Waals surface area contributed by atoms with Crippen molar-refractivity contribution in [3.05, 3.63) is 65.7 Å². The lowest BCUT2D eigenvalue weighted by Gasteiger charge is -2.23. The third kappa shape index (κ3) is 30.9. The molecule has 3 amide bonds. The van der Waals surface area contributed by atoms with Crippen LogP contribution in [-0.4, -0.2) is 80.2 Å². The number of ether oxygens (including phenoxy) is 2. The molecule has 4 atom stereocenters. The Morgan fingerprint density at radius 1 is 0.493 bits per heavy atom. The first-order chi connectivity index (χ1) is 33.4. The molecule has 69 heavy (non-hydrogen) atoms. The van der Waals surface area contributed by atoms with Crippen LogP contribution in [0.15, 0.2) is 54.6 Å². The number of amides is 3. The Hall–Kier alpha value is -4.25. The first-order valence-corrected chi connectivity index (χ1v) is 27.4. The van der Waals surface area contributed by atoms with Crippen molar-refractivity contribution in [1.29, 1.82) is 0 Å². The number of rotatable bonds is 43. The molecule has 0 aliphatic rings. The lowest BCUT2D eigenvalue weighted by atomic mass is 9.94. The first kappa shape index (κ1) is 60.9. The molecule has 0 aliphatic heterocycles. The molecule has 0 aromatic heterocycles. The predicted octanol–water partition coefficient (Wildman–Crippen LogP) is 12.4. The molecule has 0 aliphatic carbocycles. The van der Waals surface area contributed by atoms with Gasteiger partial charge in [0.2, 0.25) is 11.8 Å². The van der Waals surface area contributed by atoms with E-state index in [9.17, 15) is 24.0 Å². The van der Waals surface area contributed by atoms with Gasteiger partial charge in [0.05, 0.1) is 0 Å². The second-order valence-corrected chi connectivity index (χ2v) is 19.8. The average molecular weight is 961 g/mol. The Morgan fingerprint density at radius 3 is 1.51 bits per heavy atom. The van der Waals surface area contributed by atoms with Gasteiger partial charge in [0.25, 0.3) is 0 Å². The number of hydrogen-bond donors (Lipinski definition) is 3. The molecule has 0 heterocycles. The number of benzene rings is 2. The van der Waals surface area contributed by atoms with Crippen LogP contribution in [0.2, 0.25) is 0 Å². The van der Waals surface area contributed by atoms with Gasteiger partial charge < -0.3 is 25.4 Å². The summed E-state index contributed by atoms with van der Waals surface area (Å²) in [6, 6.07) is 17.9. The summed E-state index contributed by atoms with van der Waals surface area (Å²) in [4.78, 5) is 65.3. The maximum Gasteiger partial charge on any atom is 0.407 e. The number of aryl methyl sites for hydroxylation is 1. The van der Waals surface area contributed by atoms with Crippen molar-refractivity contribution in [1.82, 2.24) is 20.9 Å². The third-order valence-electron chi connectivity index (χ3n) is 13.5. The van der Waals surface area contributed by atoms with Crippen LogP contribution < -0.4 is 20.7 Å². The molecule has 2 aromatic rings. The highest BCUT2D eigenvalue weighted by atomic mass is 16.5. The van der Waals surface area contributed by atoms with Crippen molar-refractivity contribution in [2.75, 3.05) is 45.9 Å². The van der Waals surface area contributed by atoms with Gasteiger partial charge >= 0.3 is 6.09 Å². The van der Waals surface area contributed by atoms with Crippen LogP contribution in [0.1, 0.15) is 194 Å². The van der Waals surface area contributed by atoms with Crippen LogP contribution in [0.25, 0.3) is 0 Å². The minimum atomic E-state index is -0.398. The van der Waals surface area contributed by atoms with E-state index in [1.807, 2.05) is 56.3 Å². The molecule has 11 nitrogen and oxygen atoms in total. The van der Waals surface area contributed by atoms with E-state index in [2.05, 4.69) is 60.7 Å². The van der Waals surface area contributed by atoms with Crippen molar-refractivity contribution in [2.45, 2.75) is 196 Å². The largest absolute Gasteiger partial charge is 0.492 e. The van der Waals surface area contributed by atoms with E-state index in [0.29, 0.717) is 50.6 Å². The van der Waals surface area contributed by atoms with Gasteiger partial charge in [0.15, 0.2) is 0 Å². The van der Waals surface area contributed by atoms with E-state index < -0.39 is 6.09 Å².